The van der Waals surface area contributed by atoms with E-state index in [1.165, 1.54) is 16.0 Å². The topological polar surface area (TPSA) is 70.1 Å². The lowest BCUT2D eigenvalue weighted by atomic mass is 9.83. The standard InChI is InChI=1S/C23H26N2O4/c26-22(27)25-14-11-21-19(15-25)7-4-8-20(21)18-9-12-24(13-10-18)23(28)29-16-17-5-2-1-3-6-17/h1-8,18H,9-16H2,(H,26,27). The van der Waals surface area contributed by atoms with Crippen molar-refractivity contribution in [3.63, 3.8) is 0 Å². The summed E-state index contributed by atoms with van der Waals surface area (Å²) in [6.07, 6.45) is 1.46. The van der Waals surface area contributed by atoms with E-state index in [0.29, 0.717) is 38.7 Å². The first-order valence-corrected chi connectivity index (χ1v) is 10.2. The van der Waals surface area contributed by atoms with E-state index in [2.05, 4.69) is 6.07 Å². The van der Waals surface area contributed by atoms with Crippen LogP contribution >= 0.6 is 0 Å². The molecule has 0 radical (unpaired) electrons. The zero-order valence-electron chi connectivity index (χ0n) is 16.4. The fourth-order valence-corrected chi connectivity index (χ4v) is 4.37. The second kappa shape index (κ2) is 8.55. The minimum absolute atomic E-state index is 0.250. The van der Waals surface area contributed by atoms with Gasteiger partial charge in [-0.3, -0.25) is 0 Å². The highest BCUT2D eigenvalue weighted by atomic mass is 16.6. The molecule has 2 aromatic rings. The van der Waals surface area contributed by atoms with Crippen LogP contribution in [-0.4, -0.2) is 46.7 Å². The average Bonchev–Trinajstić information content (AvgIpc) is 2.77. The maximum atomic E-state index is 12.4. The molecular weight excluding hydrogens is 368 g/mol. The molecule has 0 aliphatic carbocycles. The van der Waals surface area contributed by atoms with Crippen LogP contribution in [0.5, 0.6) is 0 Å². The second-order valence-corrected chi connectivity index (χ2v) is 7.74. The van der Waals surface area contributed by atoms with Crippen LogP contribution in [0.3, 0.4) is 0 Å². The lowest BCUT2D eigenvalue weighted by Gasteiger charge is -2.34. The lowest BCUT2D eigenvalue weighted by molar-refractivity contribution is 0.0870. The van der Waals surface area contributed by atoms with E-state index in [9.17, 15) is 14.7 Å². The van der Waals surface area contributed by atoms with E-state index in [1.807, 2.05) is 42.5 Å². The van der Waals surface area contributed by atoms with E-state index >= 15 is 0 Å². The van der Waals surface area contributed by atoms with Crippen LogP contribution in [0.4, 0.5) is 9.59 Å². The van der Waals surface area contributed by atoms with Crippen molar-refractivity contribution in [1.82, 2.24) is 9.80 Å². The van der Waals surface area contributed by atoms with Crippen molar-refractivity contribution >= 4 is 12.2 Å². The molecule has 0 unspecified atom stereocenters. The number of fused-ring (bicyclic) bond motifs is 1. The largest absolute Gasteiger partial charge is 0.465 e. The summed E-state index contributed by atoms with van der Waals surface area (Å²) in [7, 11) is 0. The number of rotatable bonds is 3. The van der Waals surface area contributed by atoms with Gasteiger partial charge in [0.2, 0.25) is 0 Å². The summed E-state index contributed by atoms with van der Waals surface area (Å²) >= 11 is 0. The zero-order valence-corrected chi connectivity index (χ0v) is 16.4. The Kier molecular flexibility index (Phi) is 5.69. The van der Waals surface area contributed by atoms with Crippen LogP contribution in [0.2, 0.25) is 0 Å². The second-order valence-electron chi connectivity index (χ2n) is 7.74. The predicted octanol–water partition coefficient (Wildman–Crippen LogP) is 4.24. The molecule has 6 nitrogen and oxygen atoms in total. The van der Waals surface area contributed by atoms with Gasteiger partial charge < -0.3 is 19.6 Å². The van der Waals surface area contributed by atoms with Gasteiger partial charge in [-0.25, -0.2) is 9.59 Å². The summed E-state index contributed by atoms with van der Waals surface area (Å²) in [4.78, 5) is 26.9. The Hall–Kier alpha value is -3.02. The molecule has 6 heteroatoms. The Labute approximate surface area is 170 Å². The van der Waals surface area contributed by atoms with Crippen molar-refractivity contribution in [3.05, 3.63) is 70.8 Å². The van der Waals surface area contributed by atoms with E-state index < -0.39 is 6.09 Å². The van der Waals surface area contributed by atoms with Crippen LogP contribution < -0.4 is 0 Å². The van der Waals surface area contributed by atoms with Gasteiger partial charge in [0, 0.05) is 26.2 Å². The van der Waals surface area contributed by atoms with Crippen molar-refractivity contribution in [3.8, 4) is 0 Å². The smallest absolute Gasteiger partial charge is 0.410 e. The van der Waals surface area contributed by atoms with E-state index in [0.717, 1.165) is 30.4 Å². The Morgan fingerprint density at radius 1 is 0.966 bits per heavy atom. The molecule has 1 fully saturated rings. The Morgan fingerprint density at radius 3 is 2.45 bits per heavy atom. The molecule has 0 saturated carbocycles. The van der Waals surface area contributed by atoms with Gasteiger partial charge >= 0.3 is 12.2 Å². The highest BCUT2D eigenvalue weighted by Gasteiger charge is 2.28. The third kappa shape index (κ3) is 4.36. The first-order chi connectivity index (χ1) is 14.1. The monoisotopic (exact) mass is 394 g/mol. The number of nitrogens with zero attached hydrogens (tertiary/aromatic N) is 2. The number of benzene rings is 2. The summed E-state index contributed by atoms with van der Waals surface area (Å²) in [5, 5.41) is 9.26. The quantitative estimate of drug-likeness (QED) is 0.845. The number of piperidine rings is 1. The SMILES string of the molecule is O=C(O)N1CCc2c(cccc2C2CCN(C(=O)OCc3ccccc3)CC2)C1. The van der Waals surface area contributed by atoms with E-state index in [-0.39, 0.29) is 6.09 Å². The average molecular weight is 394 g/mol. The number of carbonyl (C=O) groups is 2. The summed E-state index contributed by atoms with van der Waals surface area (Å²) in [6, 6.07) is 15.9. The molecular formula is C23H26N2O4. The minimum atomic E-state index is -0.858. The number of carbonyl (C=O) groups excluding carboxylic acids is 1. The molecule has 4 rings (SSSR count). The molecule has 1 saturated heterocycles. The van der Waals surface area contributed by atoms with Crippen molar-refractivity contribution in [2.75, 3.05) is 19.6 Å². The maximum absolute atomic E-state index is 12.4. The molecule has 2 heterocycles. The van der Waals surface area contributed by atoms with Gasteiger partial charge in [-0.2, -0.15) is 0 Å². The van der Waals surface area contributed by atoms with Crippen LogP contribution in [0.25, 0.3) is 0 Å². The molecule has 2 amide bonds. The normalized spacial score (nSPS) is 17.0. The number of ether oxygens (including phenoxy) is 1. The maximum Gasteiger partial charge on any atom is 0.410 e. The molecule has 152 valence electrons. The van der Waals surface area contributed by atoms with Gasteiger partial charge in [-0.15, -0.1) is 0 Å². The summed E-state index contributed by atoms with van der Waals surface area (Å²) in [5.74, 6) is 0.402. The number of hydrogen-bond donors (Lipinski definition) is 1. The number of hydrogen-bond acceptors (Lipinski definition) is 3. The Balaban J connectivity index is 1.35. The van der Waals surface area contributed by atoms with E-state index in [4.69, 9.17) is 4.74 Å². The summed E-state index contributed by atoms with van der Waals surface area (Å²) in [6.45, 7) is 2.67. The fraction of sp³-hybridized carbons (Fsp3) is 0.391. The number of likely N-dealkylation sites (tertiary alicyclic amines) is 1. The molecule has 29 heavy (non-hydrogen) atoms. The van der Waals surface area contributed by atoms with Crippen LogP contribution in [-0.2, 0) is 24.3 Å². The minimum Gasteiger partial charge on any atom is -0.465 e. The highest BCUT2D eigenvalue weighted by molar-refractivity contribution is 5.68. The first-order valence-electron chi connectivity index (χ1n) is 10.2. The van der Waals surface area contributed by atoms with Crippen LogP contribution in [0.15, 0.2) is 48.5 Å². The van der Waals surface area contributed by atoms with Crippen molar-refractivity contribution in [2.24, 2.45) is 0 Å². The number of amides is 2. The lowest BCUT2D eigenvalue weighted by Crippen LogP contribution is -2.39. The van der Waals surface area contributed by atoms with Crippen molar-refractivity contribution < 1.29 is 19.4 Å². The predicted molar refractivity (Wildman–Crippen MR) is 109 cm³/mol. The molecule has 2 aliphatic rings. The Morgan fingerprint density at radius 2 is 1.72 bits per heavy atom. The Bertz CT molecular complexity index is 876. The molecule has 0 aromatic heterocycles. The van der Waals surface area contributed by atoms with Gasteiger partial charge in [-0.05, 0) is 47.4 Å². The van der Waals surface area contributed by atoms with E-state index in [1.54, 1.807) is 4.90 Å². The van der Waals surface area contributed by atoms with Gasteiger partial charge in [-0.1, -0.05) is 48.5 Å². The first kappa shape index (κ1) is 19.3. The molecule has 0 atom stereocenters. The molecule has 2 aliphatic heterocycles. The van der Waals surface area contributed by atoms with Crippen molar-refractivity contribution in [2.45, 2.75) is 38.3 Å². The summed E-state index contributed by atoms with van der Waals surface area (Å²) in [5.41, 5.74) is 4.72. The zero-order chi connectivity index (χ0) is 20.2. The summed E-state index contributed by atoms with van der Waals surface area (Å²) < 4.78 is 5.46. The molecule has 2 aromatic carbocycles. The highest BCUT2D eigenvalue weighted by Crippen LogP contribution is 2.34. The third-order valence-electron chi connectivity index (χ3n) is 5.97. The van der Waals surface area contributed by atoms with Gasteiger partial charge in [0.05, 0.1) is 0 Å². The van der Waals surface area contributed by atoms with Gasteiger partial charge in [0.25, 0.3) is 0 Å². The van der Waals surface area contributed by atoms with Crippen molar-refractivity contribution in [1.29, 1.82) is 0 Å². The van der Waals surface area contributed by atoms with Crippen LogP contribution in [0, 0.1) is 0 Å². The fourth-order valence-electron chi connectivity index (χ4n) is 4.37. The van der Waals surface area contributed by atoms with Gasteiger partial charge in [0.1, 0.15) is 6.61 Å². The molecule has 1 N–H and O–H groups in total. The third-order valence-corrected chi connectivity index (χ3v) is 5.97. The van der Waals surface area contributed by atoms with Gasteiger partial charge in [0.15, 0.2) is 0 Å². The molecule has 0 bridgehead atoms. The number of carboxylic acid groups (broad SMARTS) is 1. The van der Waals surface area contributed by atoms with Crippen LogP contribution in [0.1, 0.15) is 41.0 Å². The molecule has 0 spiro atoms.